The van der Waals surface area contributed by atoms with Gasteiger partial charge in [-0.05, 0) is 32.1 Å². The van der Waals surface area contributed by atoms with Crippen molar-refractivity contribution < 1.29 is 4.79 Å². The normalized spacial score (nSPS) is 16.8. The lowest BCUT2D eigenvalue weighted by molar-refractivity contribution is 0.102. The lowest BCUT2D eigenvalue weighted by Crippen LogP contribution is -2.19. The van der Waals surface area contributed by atoms with E-state index in [0.717, 1.165) is 61.5 Å². The first kappa shape index (κ1) is 11.7. The van der Waals surface area contributed by atoms with Crippen molar-refractivity contribution in [1.82, 2.24) is 19.7 Å². The number of H-pyrrole nitrogens is 1. The highest BCUT2D eigenvalue weighted by molar-refractivity contribution is 6.03. The van der Waals surface area contributed by atoms with E-state index in [9.17, 15) is 4.79 Å². The first-order valence-corrected chi connectivity index (χ1v) is 7.25. The van der Waals surface area contributed by atoms with Crippen molar-refractivity contribution in [3.05, 3.63) is 29.0 Å². The largest absolute Gasteiger partial charge is 0.315 e. The quantitative estimate of drug-likeness (QED) is 0.872. The van der Waals surface area contributed by atoms with Gasteiger partial charge in [-0.3, -0.25) is 9.89 Å². The Morgan fingerprint density at radius 1 is 1.25 bits per heavy atom. The molecule has 2 N–H and O–H groups in total. The molecule has 2 aromatic rings. The fourth-order valence-corrected chi connectivity index (χ4v) is 3.20. The fraction of sp³-hybridized carbons (Fsp3) is 0.500. The first-order chi connectivity index (χ1) is 9.83. The third kappa shape index (κ3) is 1.75. The van der Waals surface area contributed by atoms with Gasteiger partial charge in [-0.25, -0.2) is 4.98 Å². The van der Waals surface area contributed by atoms with Gasteiger partial charge >= 0.3 is 0 Å². The minimum atomic E-state index is -0.127. The van der Waals surface area contributed by atoms with Gasteiger partial charge in [0.05, 0.1) is 6.20 Å². The number of hydrogen-bond donors (Lipinski definition) is 2. The van der Waals surface area contributed by atoms with Crippen molar-refractivity contribution in [2.45, 2.75) is 45.1 Å². The highest BCUT2D eigenvalue weighted by Gasteiger charge is 2.24. The van der Waals surface area contributed by atoms with Gasteiger partial charge in [-0.15, -0.1) is 0 Å². The van der Waals surface area contributed by atoms with Crippen LogP contribution in [0.15, 0.2) is 6.20 Å². The van der Waals surface area contributed by atoms with E-state index in [0.29, 0.717) is 5.69 Å². The summed E-state index contributed by atoms with van der Waals surface area (Å²) in [6, 6.07) is 0. The molecule has 104 valence electrons. The molecule has 0 atom stereocenters. The highest BCUT2D eigenvalue weighted by Crippen LogP contribution is 2.24. The van der Waals surface area contributed by atoms with E-state index in [4.69, 9.17) is 0 Å². The zero-order valence-corrected chi connectivity index (χ0v) is 11.3. The van der Waals surface area contributed by atoms with Crippen LogP contribution in [0.4, 0.5) is 5.82 Å². The van der Waals surface area contributed by atoms with Crippen molar-refractivity contribution in [2.24, 2.45) is 0 Å². The van der Waals surface area contributed by atoms with Crippen molar-refractivity contribution >= 4 is 11.7 Å². The maximum absolute atomic E-state index is 12.4. The molecule has 0 aromatic carbocycles. The number of hydrogen-bond acceptors (Lipinski definition) is 3. The summed E-state index contributed by atoms with van der Waals surface area (Å²) in [5.74, 6) is 1.73. The molecule has 1 aliphatic heterocycles. The molecule has 2 aliphatic rings. The molecule has 0 fully saturated rings. The number of nitrogens with zero attached hydrogens (tertiary/aromatic N) is 3. The Kier molecular flexibility index (Phi) is 2.61. The lowest BCUT2D eigenvalue weighted by atomic mass is 10.2. The van der Waals surface area contributed by atoms with Crippen molar-refractivity contribution in [1.29, 1.82) is 0 Å². The molecule has 3 heterocycles. The Labute approximate surface area is 116 Å². The maximum atomic E-state index is 12.4. The van der Waals surface area contributed by atoms with E-state index in [1.54, 1.807) is 6.20 Å². The van der Waals surface area contributed by atoms with Crippen LogP contribution in [0.3, 0.4) is 0 Å². The van der Waals surface area contributed by atoms with Crippen LogP contribution in [0.1, 0.15) is 46.8 Å². The summed E-state index contributed by atoms with van der Waals surface area (Å²) >= 11 is 0. The van der Waals surface area contributed by atoms with E-state index < -0.39 is 0 Å². The van der Waals surface area contributed by atoms with Crippen LogP contribution >= 0.6 is 0 Å². The van der Waals surface area contributed by atoms with E-state index in [1.165, 1.54) is 6.42 Å². The number of amides is 1. The van der Waals surface area contributed by atoms with Crippen molar-refractivity contribution in [3.8, 4) is 0 Å². The van der Waals surface area contributed by atoms with Gasteiger partial charge in [0.25, 0.3) is 5.91 Å². The Morgan fingerprint density at radius 3 is 3.15 bits per heavy atom. The molecule has 0 radical (unpaired) electrons. The van der Waals surface area contributed by atoms with Gasteiger partial charge in [0.15, 0.2) is 5.69 Å². The van der Waals surface area contributed by atoms with Crippen LogP contribution < -0.4 is 5.32 Å². The van der Waals surface area contributed by atoms with E-state index in [2.05, 4.69) is 25.1 Å². The van der Waals surface area contributed by atoms with Gasteiger partial charge in [0.2, 0.25) is 0 Å². The number of aromatic amines is 1. The van der Waals surface area contributed by atoms with Crippen molar-refractivity contribution in [3.63, 3.8) is 0 Å². The predicted octanol–water partition coefficient (Wildman–Crippen LogP) is 1.68. The second kappa shape index (κ2) is 4.47. The van der Waals surface area contributed by atoms with Gasteiger partial charge in [0.1, 0.15) is 11.6 Å². The number of carbonyl (C=O) groups is 1. The van der Waals surface area contributed by atoms with E-state index in [1.807, 2.05) is 0 Å². The number of imidazole rings is 1. The number of nitrogens with one attached hydrogen (secondary N) is 2. The number of rotatable bonds is 2. The van der Waals surface area contributed by atoms with Gasteiger partial charge in [-0.2, -0.15) is 5.10 Å². The summed E-state index contributed by atoms with van der Waals surface area (Å²) in [7, 11) is 0. The topological polar surface area (TPSA) is 75.6 Å². The van der Waals surface area contributed by atoms with Crippen LogP contribution in [-0.2, 0) is 25.8 Å². The van der Waals surface area contributed by atoms with E-state index >= 15 is 0 Å². The second-order valence-electron chi connectivity index (χ2n) is 5.51. The zero-order chi connectivity index (χ0) is 13.5. The van der Waals surface area contributed by atoms with Crippen LogP contribution in [0, 0.1) is 0 Å². The van der Waals surface area contributed by atoms with Gasteiger partial charge in [-0.1, -0.05) is 0 Å². The fourth-order valence-electron chi connectivity index (χ4n) is 3.20. The SMILES string of the molecule is O=C(Nc1cnc2n1CCCC2)c1n[nH]c2c1CCC2. The number of carbonyl (C=O) groups excluding carboxylic acids is 1. The minimum Gasteiger partial charge on any atom is -0.315 e. The Hall–Kier alpha value is -2.11. The maximum Gasteiger partial charge on any atom is 0.277 e. The summed E-state index contributed by atoms with van der Waals surface area (Å²) < 4.78 is 2.11. The number of aromatic nitrogens is 4. The Bertz CT molecular complexity index is 669. The van der Waals surface area contributed by atoms with Crippen LogP contribution in [0.25, 0.3) is 0 Å². The second-order valence-corrected chi connectivity index (χ2v) is 5.51. The molecular weight excluding hydrogens is 254 g/mol. The highest BCUT2D eigenvalue weighted by atomic mass is 16.2. The molecule has 0 bridgehead atoms. The van der Waals surface area contributed by atoms with Crippen LogP contribution in [0.5, 0.6) is 0 Å². The molecule has 0 spiro atoms. The molecule has 0 unspecified atom stereocenters. The summed E-state index contributed by atoms with van der Waals surface area (Å²) in [6.45, 7) is 0.934. The molecule has 6 heteroatoms. The number of anilines is 1. The number of fused-ring (bicyclic) bond motifs is 2. The molecule has 2 aromatic heterocycles. The summed E-state index contributed by atoms with van der Waals surface area (Å²) in [5.41, 5.74) is 2.75. The third-order valence-electron chi connectivity index (χ3n) is 4.23. The molecule has 20 heavy (non-hydrogen) atoms. The van der Waals surface area contributed by atoms with Crippen molar-refractivity contribution in [2.75, 3.05) is 5.32 Å². The molecule has 1 aliphatic carbocycles. The van der Waals surface area contributed by atoms with Crippen LogP contribution in [-0.4, -0.2) is 25.7 Å². The predicted molar refractivity (Wildman–Crippen MR) is 73.7 cm³/mol. The van der Waals surface area contributed by atoms with Crippen LogP contribution in [0.2, 0.25) is 0 Å². The average Bonchev–Trinajstić information content (AvgIpc) is 3.13. The average molecular weight is 271 g/mol. The summed E-state index contributed by atoms with van der Waals surface area (Å²) in [6.07, 6.45) is 8.11. The molecule has 1 amide bonds. The molecule has 6 nitrogen and oxygen atoms in total. The Morgan fingerprint density at radius 2 is 2.20 bits per heavy atom. The Balaban J connectivity index is 1.59. The van der Waals surface area contributed by atoms with E-state index in [-0.39, 0.29) is 5.91 Å². The monoisotopic (exact) mass is 271 g/mol. The zero-order valence-electron chi connectivity index (χ0n) is 11.3. The molecule has 4 rings (SSSR count). The standard InChI is InChI=1S/C14H17N5O/c20-14(13-9-4-3-5-10(9)17-18-13)16-12-8-15-11-6-1-2-7-19(11)12/h8H,1-7H2,(H,16,20)(H,17,18). The summed E-state index contributed by atoms with van der Waals surface area (Å²) in [5, 5.41) is 10.1. The molecular formula is C14H17N5O. The smallest absolute Gasteiger partial charge is 0.277 e. The molecule has 0 saturated heterocycles. The first-order valence-electron chi connectivity index (χ1n) is 7.25. The van der Waals surface area contributed by atoms with Gasteiger partial charge < -0.3 is 9.88 Å². The summed E-state index contributed by atoms with van der Waals surface area (Å²) in [4.78, 5) is 16.8. The van der Waals surface area contributed by atoms with Gasteiger partial charge in [0, 0.05) is 24.2 Å². The minimum absolute atomic E-state index is 0.127. The third-order valence-corrected chi connectivity index (χ3v) is 4.23. The number of aryl methyl sites for hydroxylation is 2. The lowest BCUT2D eigenvalue weighted by Gasteiger charge is -2.16. The molecule has 0 saturated carbocycles.